The summed E-state index contributed by atoms with van der Waals surface area (Å²) in [5, 5.41) is 0. The molecule has 104 valence electrons. The predicted molar refractivity (Wildman–Crippen MR) is 72.5 cm³/mol. The Morgan fingerprint density at radius 1 is 1.26 bits per heavy atom. The number of halogens is 1. The first-order valence-corrected chi connectivity index (χ1v) is 6.32. The van der Waals surface area contributed by atoms with Crippen LogP contribution in [0.4, 0.5) is 10.1 Å². The molecule has 1 aromatic rings. The highest BCUT2D eigenvalue weighted by Gasteiger charge is 2.22. The Hall–Kier alpha value is -1.66. The lowest BCUT2D eigenvalue weighted by atomic mass is 10.1. The Morgan fingerprint density at radius 2 is 1.95 bits per heavy atom. The van der Waals surface area contributed by atoms with Crippen molar-refractivity contribution in [3.8, 4) is 0 Å². The Kier molecular flexibility index (Phi) is 4.34. The third-order valence-electron chi connectivity index (χ3n) is 3.26. The van der Waals surface area contributed by atoms with Crippen LogP contribution in [-0.2, 0) is 0 Å². The second-order valence-electron chi connectivity index (χ2n) is 4.67. The maximum absolute atomic E-state index is 13.9. The fourth-order valence-electron chi connectivity index (χ4n) is 2.09. The van der Waals surface area contributed by atoms with Crippen LogP contribution >= 0.6 is 0 Å². The molecule has 1 aliphatic heterocycles. The number of anilines is 1. The number of nitrogens with one attached hydrogen (secondary N) is 2. The van der Waals surface area contributed by atoms with E-state index in [0.717, 1.165) is 13.1 Å². The standard InChI is InChI=1S/C13H19FN4O/c1-15-16-10-3-4-11(12(14)9-10)13(19)18-7-5-17(2)6-8-18/h3-4,9,15-16H,5-8H2,1-2H3. The van der Waals surface area contributed by atoms with Gasteiger partial charge in [-0.3, -0.25) is 4.79 Å². The summed E-state index contributed by atoms with van der Waals surface area (Å²) in [5.74, 6) is -0.731. The van der Waals surface area contributed by atoms with Crippen molar-refractivity contribution in [3.63, 3.8) is 0 Å². The third kappa shape index (κ3) is 3.21. The summed E-state index contributed by atoms with van der Waals surface area (Å²) in [7, 11) is 3.71. The van der Waals surface area contributed by atoms with Crippen molar-refractivity contribution in [1.29, 1.82) is 0 Å². The van der Waals surface area contributed by atoms with Crippen LogP contribution in [-0.4, -0.2) is 56.0 Å². The van der Waals surface area contributed by atoms with E-state index < -0.39 is 5.82 Å². The van der Waals surface area contributed by atoms with E-state index in [-0.39, 0.29) is 11.5 Å². The Balaban J connectivity index is 2.10. The number of rotatable bonds is 3. The zero-order valence-electron chi connectivity index (χ0n) is 11.2. The molecular formula is C13H19FN4O. The van der Waals surface area contributed by atoms with Crippen LogP contribution in [0, 0.1) is 5.82 Å². The summed E-state index contributed by atoms with van der Waals surface area (Å²) < 4.78 is 13.9. The molecule has 0 radical (unpaired) electrons. The molecule has 6 heteroatoms. The minimum atomic E-state index is -0.496. The second-order valence-corrected chi connectivity index (χ2v) is 4.67. The van der Waals surface area contributed by atoms with E-state index in [4.69, 9.17) is 0 Å². The minimum Gasteiger partial charge on any atom is -0.336 e. The quantitative estimate of drug-likeness (QED) is 0.793. The van der Waals surface area contributed by atoms with Gasteiger partial charge in [0.25, 0.3) is 5.91 Å². The molecule has 1 amide bonds. The van der Waals surface area contributed by atoms with Gasteiger partial charge in [-0.1, -0.05) is 0 Å². The molecule has 0 spiro atoms. The molecule has 1 aliphatic rings. The molecule has 1 fully saturated rings. The highest BCUT2D eigenvalue weighted by molar-refractivity contribution is 5.95. The molecular weight excluding hydrogens is 247 g/mol. The lowest BCUT2D eigenvalue weighted by molar-refractivity contribution is 0.0659. The summed E-state index contributed by atoms with van der Waals surface area (Å²) >= 11 is 0. The highest BCUT2D eigenvalue weighted by atomic mass is 19.1. The minimum absolute atomic E-state index is 0.131. The molecule has 0 atom stereocenters. The van der Waals surface area contributed by atoms with E-state index in [1.54, 1.807) is 18.0 Å². The Morgan fingerprint density at radius 3 is 2.53 bits per heavy atom. The van der Waals surface area contributed by atoms with Gasteiger partial charge < -0.3 is 15.2 Å². The molecule has 0 aliphatic carbocycles. The Labute approximate surface area is 112 Å². The van der Waals surface area contributed by atoms with Crippen molar-refractivity contribution < 1.29 is 9.18 Å². The van der Waals surface area contributed by atoms with E-state index in [0.29, 0.717) is 18.8 Å². The van der Waals surface area contributed by atoms with Gasteiger partial charge >= 0.3 is 0 Å². The van der Waals surface area contributed by atoms with E-state index in [1.807, 2.05) is 7.05 Å². The Bertz CT molecular complexity index is 458. The predicted octanol–water partition coefficient (Wildman–Crippen LogP) is 0.760. The zero-order chi connectivity index (χ0) is 13.8. The van der Waals surface area contributed by atoms with Crippen LogP contribution in [0.25, 0.3) is 0 Å². The van der Waals surface area contributed by atoms with E-state index in [1.165, 1.54) is 12.1 Å². The second kappa shape index (κ2) is 5.99. The van der Waals surface area contributed by atoms with Crippen LogP contribution in [0.1, 0.15) is 10.4 Å². The van der Waals surface area contributed by atoms with Crippen molar-refractivity contribution in [2.45, 2.75) is 0 Å². The summed E-state index contributed by atoms with van der Waals surface area (Å²) in [5.41, 5.74) is 6.21. The average Bonchev–Trinajstić information content (AvgIpc) is 2.39. The largest absolute Gasteiger partial charge is 0.336 e. The number of amides is 1. The number of piperazine rings is 1. The normalized spacial score (nSPS) is 16.5. The fraction of sp³-hybridized carbons (Fsp3) is 0.462. The van der Waals surface area contributed by atoms with Crippen LogP contribution in [0.15, 0.2) is 18.2 Å². The molecule has 1 aromatic carbocycles. The maximum Gasteiger partial charge on any atom is 0.256 e. The molecule has 1 heterocycles. The van der Waals surface area contributed by atoms with Gasteiger partial charge in [-0.05, 0) is 25.2 Å². The highest BCUT2D eigenvalue weighted by Crippen LogP contribution is 2.16. The van der Waals surface area contributed by atoms with Crippen LogP contribution < -0.4 is 10.9 Å². The van der Waals surface area contributed by atoms with E-state index in [2.05, 4.69) is 15.8 Å². The van der Waals surface area contributed by atoms with Crippen LogP contribution in [0.3, 0.4) is 0 Å². The first-order valence-electron chi connectivity index (χ1n) is 6.32. The summed E-state index contributed by atoms with van der Waals surface area (Å²) in [4.78, 5) is 16.1. The molecule has 1 saturated heterocycles. The van der Waals surface area contributed by atoms with Crippen molar-refractivity contribution >= 4 is 11.6 Å². The van der Waals surface area contributed by atoms with Crippen molar-refractivity contribution in [2.75, 3.05) is 45.7 Å². The lowest BCUT2D eigenvalue weighted by Crippen LogP contribution is -2.47. The number of likely N-dealkylation sites (N-methyl/N-ethyl adjacent to an activating group) is 1. The first kappa shape index (κ1) is 13.8. The lowest BCUT2D eigenvalue weighted by Gasteiger charge is -2.32. The van der Waals surface area contributed by atoms with Gasteiger partial charge in [0.2, 0.25) is 0 Å². The number of hydrogen-bond donors (Lipinski definition) is 2. The van der Waals surface area contributed by atoms with Gasteiger partial charge in [0.05, 0.1) is 11.3 Å². The molecule has 0 saturated carbocycles. The van der Waals surface area contributed by atoms with Crippen molar-refractivity contribution in [1.82, 2.24) is 15.2 Å². The van der Waals surface area contributed by atoms with Gasteiger partial charge in [0.1, 0.15) is 5.82 Å². The van der Waals surface area contributed by atoms with Gasteiger partial charge in [-0.15, -0.1) is 0 Å². The van der Waals surface area contributed by atoms with Gasteiger partial charge in [0.15, 0.2) is 0 Å². The number of carbonyl (C=O) groups excluding carboxylic acids is 1. The molecule has 0 aromatic heterocycles. The number of carbonyl (C=O) groups is 1. The van der Waals surface area contributed by atoms with E-state index >= 15 is 0 Å². The topological polar surface area (TPSA) is 47.6 Å². The van der Waals surface area contributed by atoms with Gasteiger partial charge in [0, 0.05) is 33.2 Å². The first-order chi connectivity index (χ1) is 9.11. The van der Waals surface area contributed by atoms with Gasteiger partial charge in [-0.25, -0.2) is 9.82 Å². The molecule has 2 N–H and O–H groups in total. The number of hydrazine groups is 1. The monoisotopic (exact) mass is 266 g/mol. The van der Waals surface area contributed by atoms with Crippen LogP contribution in [0.2, 0.25) is 0 Å². The molecule has 0 unspecified atom stereocenters. The third-order valence-corrected chi connectivity index (χ3v) is 3.26. The number of benzene rings is 1. The SMILES string of the molecule is CNNc1ccc(C(=O)N2CCN(C)CC2)c(F)c1. The molecule has 2 rings (SSSR count). The number of hydrogen-bond acceptors (Lipinski definition) is 4. The zero-order valence-corrected chi connectivity index (χ0v) is 11.2. The average molecular weight is 266 g/mol. The summed E-state index contributed by atoms with van der Waals surface area (Å²) in [6.45, 7) is 2.94. The summed E-state index contributed by atoms with van der Waals surface area (Å²) in [6, 6.07) is 4.53. The summed E-state index contributed by atoms with van der Waals surface area (Å²) in [6.07, 6.45) is 0. The molecule has 19 heavy (non-hydrogen) atoms. The maximum atomic E-state index is 13.9. The fourth-order valence-corrected chi connectivity index (χ4v) is 2.09. The van der Waals surface area contributed by atoms with Crippen LogP contribution in [0.5, 0.6) is 0 Å². The van der Waals surface area contributed by atoms with Crippen molar-refractivity contribution in [2.24, 2.45) is 0 Å². The van der Waals surface area contributed by atoms with Crippen molar-refractivity contribution in [3.05, 3.63) is 29.6 Å². The number of nitrogens with zero attached hydrogens (tertiary/aromatic N) is 2. The van der Waals surface area contributed by atoms with Gasteiger partial charge in [-0.2, -0.15) is 0 Å². The molecule has 5 nitrogen and oxygen atoms in total. The van der Waals surface area contributed by atoms with E-state index in [9.17, 15) is 9.18 Å². The molecule has 0 bridgehead atoms. The smallest absolute Gasteiger partial charge is 0.256 e.